The molecule has 0 aliphatic carbocycles. The normalized spacial score (nSPS) is 15.8. The Kier molecular flexibility index (Phi) is 7.80. The van der Waals surface area contributed by atoms with Crippen molar-refractivity contribution in [2.24, 2.45) is 4.99 Å². The van der Waals surface area contributed by atoms with E-state index in [1.807, 2.05) is 42.6 Å². The quantitative estimate of drug-likeness (QED) is 0.417. The Morgan fingerprint density at radius 2 is 2.04 bits per heavy atom. The van der Waals surface area contributed by atoms with Crippen molar-refractivity contribution < 1.29 is 4.74 Å². The predicted molar refractivity (Wildman–Crippen MR) is 115 cm³/mol. The molecule has 146 valence electrons. The Bertz CT molecular complexity index is 697. The van der Waals surface area contributed by atoms with Gasteiger partial charge in [0.25, 0.3) is 0 Å². The van der Waals surface area contributed by atoms with Crippen LogP contribution in [0.1, 0.15) is 18.4 Å². The van der Waals surface area contributed by atoms with Crippen LogP contribution in [0.2, 0.25) is 5.02 Å². The first kappa shape index (κ1) is 20.0. The minimum Gasteiger partial charge on any atom is -0.375 e. The van der Waals surface area contributed by atoms with E-state index in [1.54, 1.807) is 0 Å². The number of benzene rings is 1. The first-order valence-electron chi connectivity index (χ1n) is 9.32. The van der Waals surface area contributed by atoms with E-state index < -0.39 is 0 Å². The van der Waals surface area contributed by atoms with Crippen LogP contribution in [-0.4, -0.2) is 45.3 Å². The Morgan fingerprint density at radius 3 is 2.70 bits per heavy atom. The van der Waals surface area contributed by atoms with Crippen LogP contribution in [0.15, 0.2) is 46.8 Å². The van der Waals surface area contributed by atoms with Gasteiger partial charge in [-0.3, -0.25) is 4.99 Å². The molecule has 2 heterocycles. The highest BCUT2D eigenvalue weighted by molar-refractivity contribution is 7.14. The number of thiophene rings is 1. The van der Waals surface area contributed by atoms with Crippen molar-refractivity contribution >= 4 is 33.9 Å². The van der Waals surface area contributed by atoms with Gasteiger partial charge in [-0.05, 0) is 48.1 Å². The largest absolute Gasteiger partial charge is 0.375 e. The second kappa shape index (κ2) is 10.5. The molecule has 1 saturated heterocycles. The number of piperidine rings is 1. The molecule has 7 heteroatoms. The van der Waals surface area contributed by atoms with E-state index >= 15 is 0 Å². The van der Waals surface area contributed by atoms with Gasteiger partial charge in [0, 0.05) is 37.7 Å². The maximum atomic E-state index is 5.89. The highest BCUT2D eigenvalue weighted by atomic mass is 35.5. The molecule has 1 aliphatic rings. The molecular formula is C20H27ClN4OS. The lowest BCUT2D eigenvalue weighted by molar-refractivity contribution is 0.125. The fraction of sp³-hybridized carbons (Fsp3) is 0.450. The lowest BCUT2D eigenvalue weighted by Gasteiger charge is -2.33. The van der Waals surface area contributed by atoms with Gasteiger partial charge in [0.15, 0.2) is 5.96 Å². The van der Waals surface area contributed by atoms with E-state index in [9.17, 15) is 0 Å². The van der Waals surface area contributed by atoms with Gasteiger partial charge in [-0.1, -0.05) is 23.7 Å². The van der Waals surface area contributed by atoms with Gasteiger partial charge in [0.2, 0.25) is 0 Å². The maximum Gasteiger partial charge on any atom is 0.191 e. The molecule has 2 N–H and O–H groups in total. The van der Waals surface area contributed by atoms with Crippen LogP contribution in [0.4, 0.5) is 5.00 Å². The highest BCUT2D eigenvalue weighted by Crippen LogP contribution is 2.24. The van der Waals surface area contributed by atoms with E-state index in [1.165, 1.54) is 5.00 Å². The Hall–Kier alpha value is -1.76. The van der Waals surface area contributed by atoms with Gasteiger partial charge >= 0.3 is 0 Å². The van der Waals surface area contributed by atoms with Crippen LogP contribution >= 0.6 is 22.9 Å². The van der Waals surface area contributed by atoms with Crippen molar-refractivity contribution in [3.8, 4) is 0 Å². The van der Waals surface area contributed by atoms with Crippen molar-refractivity contribution in [3.63, 3.8) is 0 Å². The third-order valence-corrected chi connectivity index (χ3v) is 5.78. The van der Waals surface area contributed by atoms with Crippen LogP contribution in [0, 0.1) is 0 Å². The molecule has 1 aromatic heterocycles. The number of nitrogens with one attached hydrogen (secondary N) is 2. The predicted octanol–water partition coefficient (Wildman–Crippen LogP) is 3.75. The SMILES string of the molecule is CN=C(NCCOCc1ccc(Cl)cc1)NC1CCN(c2cccs2)CC1. The van der Waals surface area contributed by atoms with E-state index in [2.05, 4.69) is 38.0 Å². The van der Waals surface area contributed by atoms with Gasteiger partial charge in [-0.2, -0.15) is 0 Å². The first-order chi connectivity index (χ1) is 13.2. The molecular weight excluding hydrogens is 380 g/mol. The van der Waals surface area contributed by atoms with E-state index in [-0.39, 0.29) is 0 Å². The highest BCUT2D eigenvalue weighted by Gasteiger charge is 2.20. The smallest absolute Gasteiger partial charge is 0.191 e. The molecule has 27 heavy (non-hydrogen) atoms. The molecule has 5 nitrogen and oxygen atoms in total. The summed E-state index contributed by atoms with van der Waals surface area (Å²) in [6.45, 7) is 4.10. The lowest BCUT2D eigenvalue weighted by Crippen LogP contribution is -2.49. The van der Waals surface area contributed by atoms with Gasteiger partial charge in [0.05, 0.1) is 18.2 Å². The molecule has 1 aromatic carbocycles. The average Bonchev–Trinajstić information content (AvgIpc) is 3.23. The Balaban J connectivity index is 1.31. The van der Waals surface area contributed by atoms with Gasteiger partial charge in [-0.25, -0.2) is 0 Å². The van der Waals surface area contributed by atoms with Crippen LogP contribution in [-0.2, 0) is 11.3 Å². The fourth-order valence-electron chi connectivity index (χ4n) is 3.09. The van der Waals surface area contributed by atoms with Crippen LogP contribution in [0.25, 0.3) is 0 Å². The molecule has 0 saturated carbocycles. The summed E-state index contributed by atoms with van der Waals surface area (Å²) in [5.74, 6) is 0.847. The number of nitrogens with zero attached hydrogens (tertiary/aromatic N) is 2. The first-order valence-corrected chi connectivity index (χ1v) is 10.6. The summed E-state index contributed by atoms with van der Waals surface area (Å²) in [4.78, 5) is 6.79. The molecule has 1 aliphatic heterocycles. The summed E-state index contributed by atoms with van der Waals surface area (Å²) in [5.41, 5.74) is 1.12. The number of hydrogen-bond donors (Lipinski definition) is 2. The van der Waals surface area contributed by atoms with E-state index in [0.29, 0.717) is 19.3 Å². The number of hydrogen-bond acceptors (Lipinski definition) is 4. The van der Waals surface area contributed by atoms with Crippen molar-refractivity contribution in [1.29, 1.82) is 0 Å². The van der Waals surface area contributed by atoms with Crippen molar-refractivity contribution in [2.75, 3.05) is 38.2 Å². The second-order valence-electron chi connectivity index (χ2n) is 6.53. The monoisotopic (exact) mass is 406 g/mol. The van der Waals surface area contributed by atoms with E-state index in [4.69, 9.17) is 16.3 Å². The number of rotatable bonds is 7. The van der Waals surface area contributed by atoms with Crippen molar-refractivity contribution in [3.05, 3.63) is 52.4 Å². The Labute approximate surface area is 170 Å². The molecule has 0 unspecified atom stereocenters. The van der Waals surface area contributed by atoms with Crippen LogP contribution in [0.3, 0.4) is 0 Å². The fourth-order valence-corrected chi connectivity index (χ4v) is 4.01. The molecule has 3 rings (SSSR count). The third-order valence-electron chi connectivity index (χ3n) is 4.60. The molecule has 1 fully saturated rings. The summed E-state index contributed by atoms with van der Waals surface area (Å²) in [6, 6.07) is 12.5. The van der Waals surface area contributed by atoms with Crippen LogP contribution in [0.5, 0.6) is 0 Å². The molecule has 0 radical (unpaired) electrons. The van der Waals surface area contributed by atoms with Crippen molar-refractivity contribution in [1.82, 2.24) is 10.6 Å². The number of halogens is 1. The molecule has 0 amide bonds. The van der Waals surface area contributed by atoms with Crippen LogP contribution < -0.4 is 15.5 Å². The molecule has 0 bridgehead atoms. The number of guanidine groups is 1. The van der Waals surface area contributed by atoms with Gasteiger partial charge in [-0.15, -0.1) is 11.3 Å². The minimum absolute atomic E-state index is 0.461. The lowest BCUT2D eigenvalue weighted by atomic mass is 10.1. The van der Waals surface area contributed by atoms with Gasteiger partial charge < -0.3 is 20.3 Å². The molecule has 0 spiro atoms. The summed E-state index contributed by atoms with van der Waals surface area (Å²) in [7, 11) is 1.81. The topological polar surface area (TPSA) is 48.9 Å². The van der Waals surface area contributed by atoms with Gasteiger partial charge in [0.1, 0.15) is 0 Å². The Morgan fingerprint density at radius 1 is 1.26 bits per heavy atom. The maximum absolute atomic E-state index is 5.89. The third kappa shape index (κ3) is 6.41. The zero-order valence-corrected chi connectivity index (χ0v) is 17.2. The number of ether oxygens (including phenoxy) is 1. The number of aliphatic imine (C=N–C) groups is 1. The van der Waals surface area contributed by atoms with E-state index in [0.717, 1.165) is 49.0 Å². The standard InChI is InChI=1S/C20H27ClN4OS/c1-22-20(23-10-13-26-15-16-4-6-17(21)7-5-16)24-18-8-11-25(12-9-18)19-3-2-14-27-19/h2-7,14,18H,8-13,15H2,1H3,(H2,22,23,24). The minimum atomic E-state index is 0.461. The summed E-state index contributed by atoms with van der Waals surface area (Å²) >= 11 is 7.70. The zero-order valence-electron chi connectivity index (χ0n) is 15.7. The number of anilines is 1. The van der Waals surface area contributed by atoms with Crippen molar-refractivity contribution in [2.45, 2.75) is 25.5 Å². The summed E-state index contributed by atoms with van der Waals surface area (Å²) in [5, 5.41) is 11.1. The average molecular weight is 407 g/mol. The molecule has 2 aromatic rings. The summed E-state index contributed by atoms with van der Waals surface area (Å²) in [6.07, 6.45) is 2.23. The zero-order chi connectivity index (χ0) is 18.9. The molecule has 0 atom stereocenters. The summed E-state index contributed by atoms with van der Waals surface area (Å²) < 4.78 is 5.71. The second-order valence-corrected chi connectivity index (χ2v) is 7.90.